The molecule has 0 radical (unpaired) electrons. The number of hydrogen-bond donors (Lipinski definition) is 1. The summed E-state index contributed by atoms with van der Waals surface area (Å²) in [5.41, 5.74) is 1.17. The van der Waals surface area contributed by atoms with Crippen LogP contribution in [-0.2, 0) is 0 Å². The van der Waals surface area contributed by atoms with Crippen molar-refractivity contribution in [3.05, 3.63) is 52.3 Å². The van der Waals surface area contributed by atoms with Gasteiger partial charge in [-0.3, -0.25) is 4.79 Å². The molecule has 0 spiro atoms. The van der Waals surface area contributed by atoms with Crippen molar-refractivity contribution in [2.75, 3.05) is 0 Å². The van der Waals surface area contributed by atoms with Crippen LogP contribution in [0.1, 0.15) is 5.56 Å². The molecule has 0 unspecified atom stereocenters. The summed E-state index contributed by atoms with van der Waals surface area (Å²) >= 11 is 0. The third-order valence-corrected chi connectivity index (χ3v) is 2.02. The molecule has 2 aromatic rings. The molecule has 0 fully saturated rings. The van der Waals surface area contributed by atoms with Gasteiger partial charge in [-0.05, 0) is 30.7 Å². The van der Waals surface area contributed by atoms with Gasteiger partial charge in [0.25, 0.3) is 5.56 Å². The highest BCUT2D eigenvalue weighted by Crippen LogP contribution is 2.16. The van der Waals surface area contributed by atoms with Gasteiger partial charge in [0.2, 0.25) is 0 Å². The summed E-state index contributed by atoms with van der Waals surface area (Å²) in [6.07, 6.45) is 2.91. The maximum absolute atomic E-state index is 13.1. The van der Waals surface area contributed by atoms with Gasteiger partial charge in [-0.25, -0.2) is 9.37 Å². The summed E-state index contributed by atoms with van der Waals surface area (Å²) in [5.74, 6) is -0.366. The Bertz CT molecular complexity index is 528. The first kappa shape index (κ1) is 9.58. The fraction of sp³-hybridized carbons (Fsp3) is 0.0909. The van der Waals surface area contributed by atoms with Gasteiger partial charge in [-0.2, -0.15) is 0 Å². The predicted molar refractivity (Wildman–Crippen MR) is 55.0 cm³/mol. The quantitative estimate of drug-likeness (QED) is 0.770. The number of rotatable bonds is 1. The number of H-pyrrole nitrogens is 1. The predicted octanol–water partition coefficient (Wildman–Crippen LogP) is 1.88. The van der Waals surface area contributed by atoms with Crippen molar-refractivity contribution in [3.8, 4) is 11.3 Å². The average Bonchev–Trinajstić information content (AvgIpc) is 2.16. The zero-order valence-electron chi connectivity index (χ0n) is 8.12. The molecule has 1 aromatic carbocycles. The molecule has 0 amide bonds. The van der Waals surface area contributed by atoms with E-state index in [4.69, 9.17) is 0 Å². The first-order valence-electron chi connectivity index (χ1n) is 4.48. The van der Waals surface area contributed by atoms with E-state index in [1.54, 1.807) is 13.0 Å². The summed E-state index contributed by atoms with van der Waals surface area (Å²) < 4.78 is 13.1. The summed E-state index contributed by atoms with van der Waals surface area (Å²) in [6, 6.07) is 4.42. The topological polar surface area (TPSA) is 45.8 Å². The van der Waals surface area contributed by atoms with E-state index in [-0.39, 0.29) is 17.1 Å². The van der Waals surface area contributed by atoms with Crippen molar-refractivity contribution >= 4 is 0 Å². The van der Waals surface area contributed by atoms with E-state index in [2.05, 4.69) is 9.97 Å². The molecule has 0 aliphatic carbocycles. The zero-order valence-corrected chi connectivity index (χ0v) is 8.12. The number of aromatic nitrogens is 2. The van der Waals surface area contributed by atoms with Gasteiger partial charge in [0.15, 0.2) is 0 Å². The Balaban J connectivity index is 2.64. The van der Waals surface area contributed by atoms with Crippen LogP contribution in [0.2, 0.25) is 0 Å². The molecule has 0 aliphatic heterocycles. The van der Waals surface area contributed by atoms with Crippen LogP contribution in [-0.4, -0.2) is 9.97 Å². The second-order valence-electron chi connectivity index (χ2n) is 3.28. The van der Waals surface area contributed by atoms with Crippen molar-refractivity contribution in [2.24, 2.45) is 0 Å². The Labute approximate surface area is 85.6 Å². The van der Waals surface area contributed by atoms with Crippen molar-refractivity contribution in [1.29, 1.82) is 0 Å². The maximum Gasteiger partial charge on any atom is 0.274 e. The SMILES string of the molecule is Cc1cc(F)cc(-c2ncc[nH]c2=O)c1. The van der Waals surface area contributed by atoms with Crippen molar-refractivity contribution in [1.82, 2.24) is 9.97 Å². The summed E-state index contributed by atoms with van der Waals surface area (Å²) in [5, 5.41) is 0. The van der Waals surface area contributed by atoms with Gasteiger partial charge >= 0.3 is 0 Å². The molecule has 0 saturated heterocycles. The van der Waals surface area contributed by atoms with Crippen LogP contribution in [0.15, 0.2) is 35.4 Å². The lowest BCUT2D eigenvalue weighted by molar-refractivity contribution is 0.627. The minimum atomic E-state index is -0.366. The van der Waals surface area contributed by atoms with Crippen LogP contribution >= 0.6 is 0 Å². The van der Waals surface area contributed by atoms with Gasteiger partial charge in [0, 0.05) is 18.0 Å². The van der Waals surface area contributed by atoms with E-state index in [9.17, 15) is 9.18 Å². The number of nitrogens with one attached hydrogen (secondary N) is 1. The molecule has 76 valence electrons. The van der Waals surface area contributed by atoms with Gasteiger partial charge in [-0.1, -0.05) is 0 Å². The van der Waals surface area contributed by atoms with Crippen LogP contribution in [0.25, 0.3) is 11.3 Å². The highest BCUT2D eigenvalue weighted by atomic mass is 19.1. The van der Waals surface area contributed by atoms with E-state index in [0.29, 0.717) is 5.56 Å². The molecular weight excluding hydrogens is 195 g/mol. The Morgan fingerprint density at radius 2 is 2.13 bits per heavy atom. The van der Waals surface area contributed by atoms with Gasteiger partial charge in [0.05, 0.1) is 0 Å². The van der Waals surface area contributed by atoms with Crippen LogP contribution < -0.4 is 5.56 Å². The van der Waals surface area contributed by atoms with Crippen LogP contribution in [0.4, 0.5) is 4.39 Å². The standard InChI is InChI=1S/C11H9FN2O/c1-7-4-8(6-9(12)5-7)10-11(15)14-3-2-13-10/h2-6H,1H3,(H,14,15). The summed E-state index contributed by atoms with van der Waals surface area (Å²) in [7, 11) is 0. The lowest BCUT2D eigenvalue weighted by Crippen LogP contribution is -2.09. The van der Waals surface area contributed by atoms with Gasteiger partial charge < -0.3 is 4.98 Å². The van der Waals surface area contributed by atoms with Crippen molar-refractivity contribution in [2.45, 2.75) is 6.92 Å². The van der Waals surface area contributed by atoms with Crippen molar-refractivity contribution in [3.63, 3.8) is 0 Å². The number of hydrogen-bond acceptors (Lipinski definition) is 2. The minimum absolute atomic E-state index is 0.236. The number of halogens is 1. The molecule has 3 nitrogen and oxygen atoms in total. The summed E-state index contributed by atoms with van der Waals surface area (Å²) in [6.45, 7) is 1.77. The van der Waals surface area contributed by atoms with Crippen LogP contribution in [0.5, 0.6) is 0 Å². The molecule has 0 aliphatic rings. The number of aromatic amines is 1. The fourth-order valence-electron chi connectivity index (χ4n) is 1.43. The third-order valence-electron chi connectivity index (χ3n) is 2.02. The number of nitrogens with zero attached hydrogens (tertiary/aromatic N) is 1. The largest absolute Gasteiger partial charge is 0.326 e. The summed E-state index contributed by atoms with van der Waals surface area (Å²) in [4.78, 5) is 17.8. The van der Waals surface area contributed by atoms with Gasteiger partial charge in [0.1, 0.15) is 11.5 Å². The Kier molecular flexibility index (Phi) is 2.33. The fourth-order valence-corrected chi connectivity index (χ4v) is 1.43. The van der Waals surface area contributed by atoms with E-state index in [1.165, 1.54) is 24.5 Å². The maximum atomic E-state index is 13.1. The first-order valence-corrected chi connectivity index (χ1v) is 4.48. The monoisotopic (exact) mass is 204 g/mol. The molecular formula is C11H9FN2O. The Morgan fingerprint density at radius 1 is 1.33 bits per heavy atom. The van der Waals surface area contributed by atoms with E-state index < -0.39 is 0 Å². The molecule has 0 atom stereocenters. The van der Waals surface area contributed by atoms with Gasteiger partial charge in [-0.15, -0.1) is 0 Å². The highest BCUT2D eigenvalue weighted by molar-refractivity contribution is 5.58. The molecule has 2 rings (SSSR count). The van der Waals surface area contributed by atoms with E-state index in [0.717, 1.165) is 5.56 Å². The molecule has 1 aromatic heterocycles. The second-order valence-corrected chi connectivity index (χ2v) is 3.28. The Hall–Kier alpha value is -1.97. The number of aryl methyl sites for hydroxylation is 1. The molecule has 1 N–H and O–H groups in total. The third kappa shape index (κ3) is 1.93. The lowest BCUT2D eigenvalue weighted by Gasteiger charge is -2.01. The number of benzene rings is 1. The molecule has 15 heavy (non-hydrogen) atoms. The van der Waals surface area contributed by atoms with Crippen LogP contribution in [0, 0.1) is 12.7 Å². The average molecular weight is 204 g/mol. The lowest BCUT2D eigenvalue weighted by atomic mass is 10.1. The zero-order chi connectivity index (χ0) is 10.8. The molecule has 0 saturated carbocycles. The Morgan fingerprint density at radius 3 is 2.80 bits per heavy atom. The second kappa shape index (κ2) is 3.65. The first-order chi connectivity index (χ1) is 7.16. The van der Waals surface area contributed by atoms with E-state index >= 15 is 0 Å². The van der Waals surface area contributed by atoms with E-state index in [1.807, 2.05) is 0 Å². The smallest absolute Gasteiger partial charge is 0.274 e. The highest BCUT2D eigenvalue weighted by Gasteiger charge is 2.05. The molecule has 4 heteroatoms. The minimum Gasteiger partial charge on any atom is -0.326 e. The molecule has 1 heterocycles. The molecule has 0 bridgehead atoms. The normalized spacial score (nSPS) is 10.3. The van der Waals surface area contributed by atoms with Crippen molar-refractivity contribution < 1.29 is 4.39 Å². The van der Waals surface area contributed by atoms with Crippen LogP contribution in [0.3, 0.4) is 0 Å².